The van der Waals surface area contributed by atoms with Crippen LogP contribution in [0, 0.1) is 5.92 Å². The molecule has 5 rings (SSSR count). The molecule has 3 heterocycles. The van der Waals surface area contributed by atoms with Crippen molar-refractivity contribution >= 4 is 16.7 Å². The van der Waals surface area contributed by atoms with Crippen LogP contribution in [-0.2, 0) is 11.2 Å². The Bertz CT molecular complexity index is 1150. The molecule has 2 aromatic heterocycles. The maximum Gasteiger partial charge on any atom is 0.275 e. The number of aromatic nitrogens is 4. The molecule has 1 aromatic carbocycles. The molecule has 0 spiro atoms. The minimum atomic E-state index is -0.313. The van der Waals surface area contributed by atoms with Crippen LogP contribution in [0.5, 0.6) is 0 Å². The van der Waals surface area contributed by atoms with E-state index in [1.54, 1.807) is 29.2 Å². The van der Waals surface area contributed by atoms with E-state index in [1.807, 2.05) is 0 Å². The number of carbonyl (C=O) groups excluding carboxylic acids is 1. The Hall–Kier alpha value is -3.07. The number of benzene rings is 1. The lowest BCUT2D eigenvalue weighted by atomic mass is 10.1. The van der Waals surface area contributed by atoms with E-state index in [2.05, 4.69) is 20.3 Å². The van der Waals surface area contributed by atoms with Crippen LogP contribution in [0.2, 0.25) is 0 Å². The molecule has 1 atom stereocenters. The predicted molar refractivity (Wildman–Crippen MR) is 116 cm³/mol. The molecule has 1 aliphatic heterocycles. The Morgan fingerprint density at radius 1 is 1.16 bits per heavy atom. The van der Waals surface area contributed by atoms with Gasteiger partial charge in [-0.3, -0.25) is 9.59 Å². The second-order valence-electron chi connectivity index (χ2n) is 8.63. The zero-order valence-electron chi connectivity index (χ0n) is 18.0. The van der Waals surface area contributed by atoms with Crippen molar-refractivity contribution in [3.05, 3.63) is 52.0 Å². The molecule has 2 fully saturated rings. The lowest BCUT2D eigenvalue weighted by Crippen LogP contribution is -2.32. The van der Waals surface area contributed by atoms with E-state index in [-0.39, 0.29) is 23.2 Å². The normalized spacial score (nSPS) is 19.2. The average Bonchev–Trinajstić information content (AvgIpc) is 3.58. The first-order valence-electron chi connectivity index (χ1n) is 11.4. The van der Waals surface area contributed by atoms with Gasteiger partial charge in [0, 0.05) is 25.0 Å². The molecule has 1 amide bonds. The number of fused-ring (bicyclic) bond motifs is 1. The summed E-state index contributed by atoms with van der Waals surface area (Å²) in [7, 11) is 0. The number of H-pyrrole nitrogens is 1. The molecule has 9 nitrogen and oxygen atoms in total. The summed E-state index contributed by atoms with van der Waals surface area (Å²) >= 11 is 0. The molecule has 1 saturated heterocycles. The highest BCUT2D eigenvalue weighted by atomic mass is 16.5. The first-order chi connectivity index (χ1) is 15.7. The van der Waals surface area contributed by atoms with Crippen molar-refractivity contribution in [3.63, 3.8) is 0 Å². The number of likely N-dealkylation sites (tertiary alicyclic amines) is 1. The second-order valence-corrected chi connectivity index (χ2v) is 8.63. The summed E-state index contributed by atoms with van der Waals surface area (Å²) in [6.07, 6.45) is 7.30. The first-order valence-corrected chi connectivity index (χ1v) is 11.4. The SMILES string of the molecule is O=C(c1n[nH]c(=O)c2ccccc12)N1CCCC1c1nc(CCOCC2CCCC2)no1. The van der Waals surface area contributed by atoms with Crippen LogP contribution in [0.3, 0.4) is 0 Å². The third-order valence-electron chi connectivity index (χ3n) is 6.48. The number of rotatable bonds is 7. The zero-order valence-corrected chi connectivity index (χ0v) is 18.0. The van der Waals surface area contributed by atoms with Crippen molar-refractivity contribution < 1.29 is 14.1 Å². The van der Waals surface area contributed by atoms with E-state index in [0.717, 1.165) is 19.4 Å². The number of nitrogens with one attached hydrogen (secondary N) is 1. The van der Waals surface area contributed by atoms with Gasteiger partial charge in [-0.1, -0.05) is 36.2 Å². The molecular formula is C23H27N5O4. The highest BCUT2D eigenvalue weighted by Crippen LogP contribution is 2.32. The van der Waals surface area contributed by atoms with E-state index in [0.29, 0.717) is 48.0 Å². The Labute approximate surface area is 185 Å². The van der Waals surface area contributed by atoms with Crippen molar-refractivity contribution in [2.45, 2.75) is 51.0 Å². The fraction of sp³-hybridized carbons (Fsp3) is 0.522. The molecule has 1 aliphatic carbocycles. The summed E-state index contributed by atoms with van der Waals surface area (Å²) in [6, 6.07) is 6.69. The molecule has 3 aromatic rings. The van der Waals surface area contributed by atoms with Crippen LogP contribution in [0.4, 0.5) is 0 Å². The van der Waals surface area contributed by atoms with E-state index in [1.165, 1.54) is 25.7 Å². The summed E-state index contributed by atoms with van der Waals surface area (Å²) < 4.78 is 11.3. The molecule has 0 bridgehead atoms. The van der Waals surface area contributed by atoms with E-state index in [4.69, 9.17) is 9.26 Å². The lowest BCUT2D eigenvalue weighted by molar-refractivity contribution is 0.0705. The Morgan fingerprint density at radius 3 is 2.81 bits per heavy atom. The molecular weight excluding hydrogens is 410 g/mol. The maximum absolute atomic E-state index is 13.3. The van der Waals surface area contributed by atoms with Crippen LogP contribution >= 0.6 is 0 Å². The first kappa shape index (κ1) is 20.8. The van der Waals surface area contributed by atoms with Crippen molar-refractivity contribution in [3.8, 4) is 0 Å². The Balaban J connectivity index is 1.26. The fourth-order valence-corrected chi connectivity index (χ4v) is 4.78. The lowest BCUT2D eigenvalue weighted by Gasteiger charge is -2.21. The van der Waals surface area contributed by atoms with Gasteiger partial charge in [0.1, 0.15) is 6.04 Å². The van der Waals surface area contributed by atoms with Gasteiger partial charge >= 0.3 is 0 Å². The molecule has 1 unspecified atom stereocenters. The smallest absolute Gasteiger partial charge is 0.275 e. The quantitative estimate of drug-likeness (QED) is 0.565. The zero-order chi connectivity index (χ0) is 21.9. The number of amides is 1. The molecule has 1 saturated carbocycles. The Morgan fingerprint density at radius 2 is 1.97 bits per heavy atom. The molecule has 32 heavy (non-hydrogen) atoms. The van der Waals surface area contributed by atoms with Crippen molar-refractivity contribution in [2.24, 2.45) is 5.92 Å². The monoisotopic (exact) mass is 437 g/mol. The maximum atomic E-state index is 13.3. The van der Waals surface area contributed by atoms with Gasteiger partial charge in [-0.2, -0.15) is 10.1 Å². The molecule has 1 N–H and O–H groups in total. The number of carbonyl (C=O) groups is 1. The van der Waals surface area contributed by atoms with Crippen LogP contribution in [-0.4, -0.2) is 50.9 Å². The summed E-state index contributed by atoms with van der Waals surface area (Å²) in [6.45, 7) is 1.94. The van der Waals surface area contributed by atoms with Gasteiger partial charge in [-0.05, 0) is 37.7 Å². The van der Waals surface area contributed by atoms with Gasteiger partial charge in [0.05, 0.1) is 12.0 Å². The third kappa shape index (κ3) is 4.17. The van der Waals surface area contributed by atoms with Crippen molar-refractivity contribution in [1.82, 2.24) is 25.2 Å². The predicted octanol–water partition coefficient (Wildman–Crippen LogP) is 3.03. The van der Waals surface area contributed by atoms with Gasteiger partial charge in [-0.15, -0.1) is 0 Å². The van der Waals surface area contributed by atoms with Crippen LogP contribution < -0.4 is 5.56 Å². The fourth-order valence-electron chi connectivity index (χ4n) is 4.78. The van der Waals surface area contributed by atoms with Gasteiger partial charge in [0.2, 0.25) is 5.89 Å². The topological polar surface area (TPSA) is 114 Å². The average molecular weight is 438 g/mol. The summed E-state index contributed by atoms with van der Waals surface area (Å²) in [4.78, 5) is 31.6. The summed E-state index contributed by atoms with van der Waals surface area (Å²) in [5.41, 5.74) is -0.0843. The number of aromatic amines is 1. The van der Waals surface area contributed by atoms with Gasteiger partial charge in [0.15, 0.2) is 11.5 Å². The highest BCUT2D eigenvalue weighted by molar-refractivity contribution is 6.04. The van der Waals surface area contributed by atoms with Crippen LogP contribution in [0.15, 0.2) is 33.6 Å². The highest BCUT2D eigenvalue weighted by Gasteiger charge is 2.36. The van der Waals surface area contributed by atoms with Crippen LogP contribution in [0.25, 0.3) is 10.8 Å². The number of hydrogen-bond acceptors (Lipinski definition) is 7. The third-order valence-corrected chi connectivity index (χ3v) is 6.48. The molecule has 9 heteroatoms. The van der Waals surface area contributed by atoms with Crippen molar-refractivity contribution in [1.29, 1.82) is 0 Å². The van der Waals surface area contributed by atoms with Gasteiger partial charge in [-0.25, -0.2) is 5.10 Å². The largest absolute Gasteiger partial charge is 0.381 e. The van der Waals surface area contributed by atoms with E-state index < -0.39 is 0 Å². The number of hydrogen-bond donors (Lipinski definition) is 1. The van der Waals surface area contributed by atoms with Crippen LogP contribution in [0.1, 0.15) is 66.8 Å². The molecule has 0 radical (unpaired) electrons. The van der Waals surface area contributed by atoms with E-state index in [9.17, 15) is 9.59 Å². The minimum absolute atomic E-state index is 0.229. The van der Waals surface area contributed by atoms with Crippen molar-refractivity contribution in [2.75, 3.05) is 19.8 Å². The minimum Gasteiger partial charge on any atom is -0.381 e. The van der Waals surface area contributed by atoms with Gasteiger partial charge < -0.3 is 14.2 Å². The van der Waals surface area contributed by atoms with Gasteiger partial charge in [0.25, 0.3) is 11.5 Å². The number of nitrogens with zero attached hydrogens (tertiary/aromatic N) is 4. The number of ether oxygens (including phenoxy) is 1. The van der Waals surface area contributed by atoms with E-state index >= 15 is 0 Å². The molecule has 168 valence electrons. The second kappa shape index (κ2) is 9.20. The Kier molecular flexibility index (Phi) is 5.98. The summed E-state index contributed by atoms with van der Waals surface area (Å²) in [5, 5.41) is 11.6. The standard InChI is InChI=1S/C23H27N5O4/c29-21-17-9-4-3-8-16(17)20(25-26-21)23(30)28-12-5-10-18(28)22-24-19(27-32-22)11-13-31-14-15-6-1-2-7-15/h3-4,8-9,15,18H,1-2,5-7,10-14H2,(H,26,29). The summed E-state index contributed by atoms with van der Waals surface area (Å²) in [5.74, 6) is 1.47. The molecule has 2 aliphatic rings.